The van der Waals surface area contributed by atoms with Crippen LogP contribution in [0, 0.1) is 0 Å². The first-order valence-corrected chi connectivity index (χ1v) is 8.39. The van der Waals surface area contributed by atoms with E-state index in [1.165, 1.54) is 22.3 Å². The van der Waals surface area contributed by atoms with E-state index in [1.54, 1.807) is 0 Å². The minimum Gasteiger partial charge on any atom is -0.539 e. The summed E-state index contributed by atoms with van der Waals surface area (Å²) in [6.45, 7) is 4.48. The summed E-state index contributed by atoms with van der Waals surface area (Å²) in [6, 6.07) is 14.6. The molecule has 25 heavy (non-hydrogen) atoms. The van der Waals surface area contributed by atoms with Crippen molar-refractivity contribution >= 4 is 29.5 Å². The molecule has 4 aromatic rings. The van der Waals surface area contributed by atoms with Crippen molar-refractivity contribution < 1.29 is 9.68 Å². The van der Waals surface area contributed by atoms with Gasteiger partial charge in [-0.05, 0) is 35.4 Å². The van der Waals surface area contributed by atoms with Crippen molar-refractivity contribution in [3.63, 3.8) is 0 Å². The highest BCUT2D eigenvalue weighted by molar-refractivity contribution is 6.18. The normalized spacial score (nSPS) is 14.5. The molecule has 0 saturated carbocycles. The number of hydrogen-bond acceptors (Lipinski definition) is 3. The molecule has 122 valence electrons. The molecule has 5 rings (SSSR count). The van der Waals surface area contributed by atoms with E-state index in [-0.39, 0.29) is 13.1 Å². The van der Waals surface area contributed by atoms with Gasteiger partial charge in [0, 0.05) is 22.4 Å². The van der Waals surface area contributed by atoms with Crippen molar-refractivity contribution in [2.45, 2.75) is 19.3 Å². The molecule has 0 amide bonds. The lowest BCUT2D eigenvalue weighted by Crippen LogP contribution is -2.26. The summed E-state index contributed by atoms with van der Waals surface area (Å²) < 4.78 is 7.75. The van der Waals surface area contributed by atoms with Crippen LogP contribution >= 0.6 is 0 Å². The Morgan fingerprint density at radius 2 is 1.92 bits per heavy atom. The SMILES string of the molecule is CC1(C)c2ccccc2-n2c3cnccc3c3cc(OBO)cc1c32. The molecule has 4 nitrogen and oxygen atoms in total. The van der Waals surface area contributed by atoms with Gasteiger partial charge < -0.3 is 14.2 Å². The average Bonchev–Trinajstić information content (AvgIpc) is 2.95. The Bertz CT molecular complexity index is 1150. The van der Waals surface area contributed by atoms with Gasteiger partial charge in [0.25, 0.3) is 0 Å². The maximum absolute atomic E-state index is 9.24. The lowest BCUT2D eigenvalue weighted by molar-refractivity contribution is 0.453. The van der Waals surface area contributed by atoms with Crippen molar-refractivity contribution in [3.8, 4) is 11.4 Å². The fourth-order valence-electron chi connectivity index (χ4n) is 4.19. The molecule has 0 atom stereocenters. The molecule has 1 N–H and O–H groups in total. The molecule has 2 aromatic carbocycles. The van der Waals surface area contributed by atoms with Gasteiger partial charge in [0.05, 0.1) is 22.9 Å². The fourth-order valence-corrected chi connectivity index (χ4v) is 4.19. The number of rotatable bonds is 2. The smallest absolute Gasteiger partial charge is 0.504 e. The van der Waals surface area contributed by atoms with Crippen LogP contribution in [0.25, 0.3) is 27.5 Å². The van der Waals surface area contributed by atoms with Crippen LogP contribution in [0.5, 0.6) is 5.75 Å². The molecule has 2 aromatic heterocycles. The van der Waals surface area contributed by atoms with Crippen molar-refractivity contribution in [1.29, 1.82) is 0 Å². The predicted octanol–water partition coefficient (Wildman–Crippen LogP) is 3.46. The topological polar surface area (TPSA) is 47.3 Å². The molecule has 5 heteroatoms. The van der Waals surface area contributed by atoms with Gasteiger partial charge in [0.1, 0.15) is 5.75 Å². The molecule has 1 aliphatic rings. The number of aromatic nitrogens is 2. The van der Waals surface area contributed by atoms with Crippen molar-refractivity contribution in [2.24, 2.45) is 0 Å². The van der Waals surface area contributed by atoms with E-state index in [4.69, 9.17) is 4.65 Å². The molecule has 0 bridgehead atoms. The van der Waals surface area contributed by atoms with E-state index in [2.05, 4.69) is 53.7 Å². The summed E-state index contributed by atoms with van der Waals surface area (Å²) in [5.41, 5.74) is 5.78. The van der Waals surface area contributed by atoms with E-state index >= 15 is 0 Å². The van der Waals surface area contributed by atoms with Crippen LogP contribution in [0.2, 0.25) is 0 Å². The molecular formula is C20H17BN2O2. The molecule has 0 saturated heterocycles. The monoisotopic (exact) mass is 328 g/mol. The van der Waals surface area contributed by atoms with Gasteiger partial charge in [0.15, 0.2) is 0 Å². The number of fused-ring (bicyclic) bond motifs is 5. The average molecular weight is 328 g/mol. The van der Waals surface area contributed by atoms with E-state index in [0.29, 0.717) is 5.75 Å². The minimum atomic E-state index is -0.331. The lowest BCUT2D eigenvalue weighted by Gasteiger charge is -2.34. The van der Waals surface area contributed by atoms with Crippen molar-refractivity contribution in [3.05, 3.63) is 66.0 Å². The Labute approximate surface area is 146 Å². The summed E-state index contributed by atoms with van der Waals surface area (Å²) in [4.78, 5) is 4.35. The third-order valence-corrected chi connectivity index (χ3v) is 5.36. The predicted molar refractivity (Wildman–Crippen MR) is 101 cm³/mol. The van der Waals surface area contributed by atoms with Gasteiger partial charge in [-0.25, -0.2) is 0 Å². The maximum atomic E-state index is 9.24. The van der Waals surface area contributed by atoms with Gasteiger partial charge >= 0.3 is 7.69 Å². The number of benzene rings is 2. The Kier molecular flexibility index (Phi) is 2.83. The van der Waals surface area contributed by atoms with Crippen LogP contribution in [0.15, 0.2) is 54.9 Å². The highest BCUT2D eigenvalue weighted by Gasteiger charge is 2.35. The first-order valence-electron chi connectivity index (χ1n) is 8.39. The third-order valence-electron chi connectivity index (χ3n) is 5.36. The van der Waals surface area contributed by atoms with Gasteiger partial charge in [-0.2, -0.15) is 0 Å². The molecule has 0 spiro atoms. The van der Waals surface area contributed by atoms with E-state index < -0.39 is 0 Å². The summed E-state index contributed by atoms with van der Waals surface area (Å²) in [5, 5.41) is 11.5. The van der Waals surface area contributed by atoms with Crippen LogP contribution in [0.4, 0.5) is 0 Å². The number of pyridine rings is 1. The number of hydrogen-bond donors (Lipinski definition) is 1. The largest absolute Gasteiger partial charge is 0.539 e. The summed E-state index contributed by atoms with van der Waals surface area (Å²) in [5.74, 6) is 0.688. The maximum Gasteiger partial charge on any atom is 0.504 e. The second-order valence-corrected chi connectivity index (χ2v) is 7.01. The Hall–Kier alpha value is -2.79. The van der Waals surface area contributed by atoms with E-state index in [9.17, 15) is 5.02 Å². The molecule has 0 aliphatic carbocycles. The van der Waals surface area contributed by atoms with Crippen LogP contribution in [0.1, 0.15) is 25.0 Å². The Morgan fingerprint density at radius 1 is 1.08 bits per heavy atom. The van der Waals surface area contributed by atoms with Crippen LogP contribution in [-0.2, 0) is 5.41 Å². The van der Waals surface area contributed by atoms with Crippen LogP contribution in [-0.4, -0.2) is 22.3 Å². The third kappa shape index (κ3) is 1.79. The minimum absolute atomic E-state index is 0.165. The number of nitrogens with zero attached hydrogens (tertiary/aromatic N) is 2. The van der Waals surface area contributed by atoms with E-state index in [0.717, 1.165) is 16.3 Å². The standard InChI is InChI=1S/C20H17BN2O2/c1-20(2)15-5-3-4-6-17(15)23-18-11-22-8-7-13(18)14-9-12(25-21-24)10-16(20)19(14)23/h3-11,21,24H,1-2H3. The van der Waals surface area contributed by atoms with Crippen LogP contribution < -0.4 is 4.65 Å². The molecule has 0 fully saturated rings. The zero-order chi connectivity index (χ0) is 17.2. The first kappa shape index (κ1) is 14.5. The molecule has 1 aliphatic heterocycles. The summed E-state index contributed by atoms with van der Waals surface area (Å²) in [6.07, 6.45) is 3.74. The fraction of sp³-hybridized carbons (Fsp3) is 0.150. The highest BCUT2D eigenvalue weighted by atomic mass is 16.5. The van der Waals surface area contributed by atoms with E-state index in [1.807, 2.05) is 24.5 Å². The molecule has 3 heterocycles. The second-order valence-electron chi connectivity index (χ2n) is 7.01. The lowest BCUT2D eigenvalue weighted by atomic mass is 9.74. The quantitative estimate of drug-likeness (QED) is 0.573. The molecular weight excluding hydrogens is 311 g/mol. The van der Waals surface area contributed by atoms with Crippen molar-refractivity contribution in [2.75, 3.05) is 0 Å². The number of para-hydroxylation sites is 1. The highest BCUT2D eigenvalue weighted by Crippen LogP contribution is 2.48. The zero-order valence-electron chi connectivity index (χ0n) is 14.2. The van der Waals surface area contributed by atoms with Gasteiger partial charge in [-0.3, -0.25) is 4.98 Å². The zero-order valence-corrected chi connectivity index (χ0v) is 14.2. The van der Waals surface area contributed by atoms with Crippen molar-refractivity contribution in [1.82, 2.24) is 9.55 Å². The Balaban J connectivity index is 2.06. The van der Waals surface area contributed by atoms with Crippen LogP contribution in [0.3, 0.4) is 0 Å². The second kappa shape index (κ2) is 4.86. The molecule has 0 unspecified atom stereocenters. The first-order chi connectivity index (χ1) is 12.1. The molecule has 0 radical (unpaired) electrons. The Morgan fingerprint density at radius 3 is 2.76 bits per heavy atom. The summed E-state index contributed by atoms with van der Waals surface area (Å²) in [7, 11) is -0.331. The van der Waals surface area contributed by atoms with Gasteiger partial charge in [0.2, 0.25) is 0 Å². The summed E-state index contributed by atoms with van der Waals surface area (Å²) >= 11 is 0. The van der Waals surface area contributed by atoms with Gasteiger partial charge in [-0.1, -0.05) is 32.0 Å². The van der Waals surface area contributed by atoms with Gasteiger partial charge in [-0.15, -0.1) is 0 Å².